The average Bonchev–Trinajstić information content (AvgIpc) is 2.97. The fourth-order valence-electron chi connectivity index (χ4n) is 2.42. The van der Waals surface area contributed by atoms with Gasteiger partial charge < -0.3 is 15.0 Å². The van der Waals surface area contributed by atoms with Crippen LogP contribution in [0.4, 0.5) is 5.13 Å². The normalized spacial score (nSPS) is 22.4. The molecule has 1 N–H and O–H groups in total. The van der Waals surface area contributed by atoms with Gasteiger partial charge in [-0.15, -0.1) is 11.3 Å². The first-order valence-corrected chi connectivity index (χ1v) is 9.26. The lowest BCUT2D eigenvalue weighted by atomic mass is 10.2. The summed E-state index contributed by atoms with van der Waals surface area (Å²) in [5, 5.41) is 4.74. The molecule has 1 saturated heterocycles. The highest BCUT2D eigenvalue weighted by atomic mass is 32.2. The Bertz CT molecular complexity index is 442. The molecule has 4 nitrogen and oxygen atoms in total. The predicted octanol–water partition coefficient (Wildman–Crippen LogP) is 2.48. The summed E-state index contributed by atoms with van der Waals surface area (Å²) >= 11 is 3.87. The molecule has 2 heterocycles. The molecule has 1 saturated carbocycles. The largest absolute Gasteiger partial charge is 0.378 e. The van der Waals surface area contributed by atoms with Crippen molar-refractivity contribution in [1.29, 1.82) is 0 Å². The highest BCUT2D eigenvalue weighted by molar-refractivity contribution is 7.99. The first-order valence-electron chi connectivity index (χ1n) is 7.29. The maximum absolute atomic E-state index is 5.30. The quantitative estimate of drug-likeness (QED) is 0.837. The highest BCUT2D eigenvalue weighted by Crippen LogP contribution is 2.32. The third kappa shape index (κ3) is 3.47. The predicted molar refractivity (Wildman–Crippen MR) is 86.8 cm³/mol. The minimum atomic E-state index is 0.617. The SMILES string of the molecule is COCc1nc(N(C)C2CCSC2)sc1CNC1CC1. The van der Waals surface area contributed by atoms with Gasteiger partial charge in [0.15, 0.2) is 5.13 Å². The Kier molecular flexibility index (Phi) is 4.86. The number of hydrogen-bond donors (Lipinski definition) is 1. The molecular formula is C14H23N3OS2. The Balaban J connectivity index is 1.70. The Morgan fingerprint density at radius 2 is 2.25 bits per heavy atom. The van der Waals surface area contributed by atoms with E-state index >= 15 is 0 Å². The van der Waals surface area contributed by atoms with E-state index in [4.69, 9.17) is 9.72 Å². The van der Waals surface area contributed by atoms with Crippen molar-refractivity contribution in [2.75, 3.05) is 30.6 Å². The first-order chi connectivity index (χ1) is 9.78. The van der Waals surface area contributed by atoms with Crippen molar-refractivity contribution in [2.24, 2.45) is 0 Å². The van der Waals surface area contributed by atoms with E-state index in [1.54, 1.807) is 7.11 Å². The number of nitrogens with zero attached hydrogens (tertiary/aromatic N) is 2. The molecule has 1 aliphatic heterocycles. The molecule has 0 spiro atoms. The van der Waals surface area contributed by atoms with E-state index in [9.17, 15) is 0 Å². The van der Waals surface area contributed by atoms with Gasteiger partial charge in [-0.1, -0.05) is 0 Å². The zero-order chi connectivity index (χ0) is 13.9. The molecule has 112 valence electrons. The van der Waals surface area contributed by atoms with E-state index in [2.05, 4.69) is 17.3 Å². The lowest BCUT2D eigenvalue weighted by Crippen LogP contribution is -2.31. The van der Waals surface area contributed by atoms with Crippen LogP contribution in [-0.2, 0) is 17.9 Å². The van der Waals surface area contributed by atoms with Gasteiger partial charge in [0.25, 0.3) is 0 Å². The van der Waals surface area contributed by atoms with Gasteiger partial charge in [0.2, 0.25) is 0 Å². The number of methoxy groups -OCH3 is 1. The van der Waals surface area contributed by atoms with Crippen molar-refractivity contribution in [2.45, 2.75) is 44.5 Å². The molecule has 20 heavy (non-hydrogen) atoms. The molecule has 0 bridgehead atoms. The van der Waals surface area contributed by atoms with Crippen LogP contribution in [0.5, 0.6) is 0 Å². The highest BCUT2D eigenvalue weighted by Gasteiger charge is 2.25. The van der Waals surface area contributed by atoms with E-state index in [0.29, 0.717) is 12.6 Å². The average molecular weight is 313 g/mol. The van der Waals surface area contributed by atoms with E-state index < -0.39 is 0 Å². The van der Waals surface area contributed by atoms with Crippen LogP contribution in [-0.4, -0.2) is 42.7 Å². The second kappa shape index (κ2) is 6.64. The molecule has 3 rings (SSSR count). The molecule has 1 aliphatic carbocycles. The van der Waals surface area contributed by atoms with Gasteiger partial charge in [0.1, 0.15) is 0 Å². The van der Waals surface area contributed by atoms with Gasteiger partial charge in [-0.2, -0.15) is 11.8 Å². The second-order valence-corrected chi connectivity index (χ2v) is 7.79. The van der Waals surface area contributed by atoms with Crippen molar-refractivity contribution >= 4 is 28.2 Å². The van der Waals surface area contributed by atoms with Crippen LogP contribution in [0, 0.1) is 0 Å². The molecule has 2 fully saturated rings. The van der Waals surface area contributed by atoms with Crippen molar-refractivity contribution in [1.82, 2.24) is 10.3 Å². The van der Waals surface area contributed by atoms with Crippen LogP contribution >= 0.6 is 23.1 Å². The standard InChI is InChI=1S/C14H23N3OS2/c1-17(11-5-6-19-9-11)14-16-12(8-18-2)13(20-14)7-15-10-3-4-10/h10-11,15H,3-9H2,1-2H3. The van der Waals surface area contributed by atoms with Gasteiger partial charge in [0.05, 0.1) is 12.3 Å². The molecule has 6 heteroatoms. The molecular weight excluding hydrogens is 290 g/mol. The third-order valence-electron chi connectivity index (χ3n) is 3.93. The van der Waals surface area contributed by atoms with Crippen LogP contribution in [0.3, 0.4) is 0 Å². The Hall–Kier alpha value is -0.300. The summed E-state index contributed by atoms with van der Waals surface area (Å²) in [4.78, 5) is 8.52. The van der Waals surface area contributed by atoms with Crippen molar-refractivity contribution in [3.05, 3.63) is 10.6 Å². The van der Waals surface area contributed by atoms with Crippen LogP contribution in [0.25, 0.3) is 0 Å². The van der Waals surface area contributed by atoms with E-state index in [0.717, 1.165) is 23.4 Å². The molecule has 1 aromatic heterocycles. The summed E-state index contributed by atoms with van der Waals surface area (Å²) in [6.45, 7) is 1.56. The Morgan fingerprint density at radius 3 is 2.90 bits per heavy atom. The van der Waals surface area contributed by atoms with Crippen molar-refractivity contribution < 1.29 is 4.74 Å². The van der Waals surface area contributed by atoms with Crippen LogP contribution in [0.15, 0.2) is 0 Å². The van der Waals surface area contributed by atoms with E-state index in [-0.39, 0.29) is 0 Å². The molecule has 1 aromatic rings. The number of aromatic nitrogens is 1. The zero-order valence-corrected chi connectivity index (χ0v) is 13.9. The maximum atomic E-state index is 5.30. The van der Waals surface area contributed by atoms with Gasteiger partial charge in [-0.05, 0) is 25.0 Å². The monoisotopic (exact) mass is 313 g/mol. The number of ether oxygens (including phenoxy) is 1. The van der Waals surface area contributed by atoms with Crippen molar-refractivity contribution in [3.8, 4) is 0 Å². The first kappa shape index (κ1) is 14.6. The smallest absolute Gasteiger partial charge is 0.185 e. The third-order valence-corrected chi connectivity index (χ3v) is 6.26. The molecule has 0 aromatic carbocycles. The molecule has 0 radical (unpaired) electrons. The fourth-order valence-corrected chi connectivity index (χ4v) is 4.73. The van der Waals surface area contributed by atoms with E-state index in [1.807, 2.05) is 23.1 Å². The summed E-state index contributed by atoms with van der Waals surface area (Å²) in [7, 11) is 3.93. The van der Waals surface area contributed by atoms with Crippen LogP contribution < -0.4 is 10.2 Å². The number of nitrogens with one attached hydrogen (secondary N) is 1. The topological polar surface area (TPSA) is 37.4 Å². The zero-order valence-electron chi connectivity index (χ0n) is 12.2. The molecule has 1 unspecified atom stereocenters. The molecule has 2 aliphatic rings. The van der Waals surface area contributed by atoms with Gasteiger partial charge in [-0.3, -0.25) is 0 Å². The van der Waals surface area contributed by atoms with E-state index in [1.165, 1.54) is 35.6 Å². The van der Waals surface area contributed by atoms with Gasteiger partial charge >= 0.3 is 0 Å². The summed E-state index contributed by atoms with van der Waals surface area (Å²) in [6.07, 6.45) is 3.92. The summed E-state index contributed by atoms with van der Waals surface area (Å²) < 4.78 is 5.30. The number of rotatable bonds is 7. The lowest BCUT2D eigenvalue weighted by molar-refractivity contribution is 0.181. The Morgan fingerprint density at radius 1 is 1.40 bits per heavy atom. The number of anilines is 1. The summed E-state index contributed by atoms with van der Waals surface area (Å²) in [6, 6.07) is 1.38. The summed E-state index contributed by atoms with van der Waals surface area (Å²) in [5.74, 6) is 2.51. The fraction of sp³-hybridized carbons (Fsp3) is 0.786. The lowest BCUT2D eigenvalue weighted by Gasteiger charge is -2.22. The number of hydrogen-bond acceptors (Lipinski definition) is 6. The second-order valence-electron chi connectivity index (χ2n) is 5.58. The molecule has 1 atom stereocenters. The number of thioether (sulfide) groups is 1. The molecule has 0 amide bonds. The van der Waals surface area contributed by atoms with Gasteiger partial charge in [0, 0.05) is 43.4 Å². The Labute approximate surface area is 129 Å². The minimum absolute atomic E-state index is 0.617. The van der Waals surface area contributed by atoms with Gasteiger partial charge in [-0.25, -0.2) is 4.98 Å². The van der Waals surface area contributed by atoms with Crippen molar-refractivity contribution in [3.63, 3.8) is 0 Å². The maximum Gasteiger partial charge on any atom is 0.185 e. The van der Waals surface area contributed by atoms with Crippen LogP contribution in [0.1, 0.15) is 29.8 Å². The minimum Gasteiger partial charge on any atom is -0.378 e. The summed E-state index contributed by atoms with van der Waals surface area (Å²) in [5.41, 5.74) is 1.11. The number of thiazole rings is 1. The van der Waals surface area contributed by atoms with Crippen LogP contribution in [0.2, 0.25) is 0 Å².